The third-order valence-electron chi connectivity index (χ3n) is 2.39. The second kappa shape index (κ2) is 5.92. The number of hydrogen-bond acceptors (Lipinski definition) is 3. The second-order valence-electron chi connectivity index (χ2n) is 3.66. The van der Waals surface area contributed by atoms with Crippen LogP contribution in [-0.2, 0) is 6.61 Å². The summed E-state index contributed by atoms with van der Waals surface area (Å²) in [6.45, 7) is -0.0550. The molecule has 18 heavy (non-hydrogen) atoms. The number of nitriles is 1. The van der Waals surface area contributed by atoms with E-state index in [2.05, 4.69) is 6.07 Å². The van der Waals surface area contributed by atoms with Crippen molar-refractivity contribution in [3.05, 3.63) is 58.6 Å². The van der Waals surface area contributed by atoms with Gasteiger partial charge in [0.1, 0.15) is 6.07 Å². The molecule has 0 amide bonds. The van der Waals surface area contributed by atoms with Gasteiger partial charge >= 0.3 is 0 Å². The molecule has 2 nitrogen and oxygen atoms in total. The molecule has 2 aromatic rings. The molecule has 0 unspecified atom stereocenters. The second-order valence-corrected chi connectivity index (χ2v) is 5.21. The van der Waals surface area contributed by atoms with Gasteiger partial charge in [-0.1, -0.05) is 29.4 Å². The Morgan fingerprint density at radius 3 is 2.50 bits per heavy atom. The standard InChI is InChI=1S/C14H10ClNOS/c15-12-2-4-13(5-3-12)18-14-6-1-10(9-17)7-11(14)8-16/h1-7,17H,9H2. The van der Waals surface area contributed by atoms with E-state index in [4.69, 9.17) is 22.0 Å². The molecule has 0 aliphatic rings. The Balaban J connectivity index is 2.29. The first-order chi connectivity index (χ1) is 8.72. The molecule has 0 bridgehead atoms. The average molecular weight is 276 g/mol. The van der Waals surface area contributed by atoms with E-state index in [1.807, 2.05) is 36.4 Å². The van der Waals surface area contributed by atoms with Crippen LogP contribution in [0, 0.1) is 11.3 Å². The fourth-order valence-corrected chi connectivity index (χ4v) is 2.48. The predicted octanol–water partition coefficient (Wildman–Crippen LogP) is 3.86. The molecule has 0 aliphatic carbocycles. The van der Waals surface area contributed by atoms with Gasteiger partial charge in [-0.2, -0.15) is 5.26 Å². The zero-order valence-corrected chi connectivity index (χ0v) is 11.0. The van der Waals surface area contributed by atoms with Gasteiger partial charge in [-0.05, 0) is 42.0 Å². The fourth-order valence-electron chi connectivity index (χ4n) is 1.48. The summed E-state index contributed by atoms with van der Waals surface area (Å²) in [6, 6.07) is 15.0. The molecule has 0 aliphatic heterocycles. The van der Waals surface area contributed by atoms with Crippen molar-refractivity contribution in [3.63, 3.8) is 0 Å². The number of nitrogens with zero attached hydrogens (tertiary/aromatic N) is 1. The summed E-state index contributed by atoms with van der Waals surface area (Å²) in [4.78, 5) is 1.89. The molecule has 1 N–H and O–H groups in total. The molecular formula is C14H10ClNOS. The van der Waals surface area contributed by atoms with Crippen molar-refractivity contribution in [3.8, 4) is 6.07 Å². The Morgan fingerprint density at radius 1 is 1.17 bits per heavy atom. The average Bonchev–Trinajstić information content (AvgIpc) is 2.41. The van der Waals surface area contributed by atoms with Crippen LogP contribution in [0.2, 0.25) is 5.02 Å². The number of benzene rings is 2. The number of hydrogen-bond donors (Lipinski definition) is 1. The molecule has 0 heterocycles. The Bertz CT molecular complexity index is 590. The van der Waals surface area contributed by atoms with E-state index in [1.165, 1.54) is 11.8 Å². The highest BCUT2D eigenvalue weighted by atomic mass is 35.5. The first-order valence-corrected chi connectivity index (χ1v) is 6.49. The van der Waals surface area contributed by atoms with Gasteiger partial charge in [0.2, 0.25) is 0 Å². The van der Waals surface area contributed by atoms with Crippen molar-refractivity contribution in [1.29, 1.82) is 5.26 Å². The minimum atomic E-state index is -0.0550. The molecule has 0 saturated carbocycles. The van der Waals surface area contributed by atoms with Crippen LogP contribution >= 0.6 is 23.4 Å². The van der Waals surface area contributed by atoms with Crippen LogP contribution < -0.4 is 0 Å². The number of aliphatic hydroxyl groups is 1. The van der Waals surface area contributed by atoms with E-state index in [-0.39, 0.29) is 6.61 Å². The lowest BCUT2D eigenvalue weighted by Gasteiger charge is -2.05. The molecule has 0 spiro atoms. The van der Waals surface area contributed by atoms with E-state index in [9.17, 15) is 0 Å². The molecule has 4 heteroatoms. The SMILES string of the molecule is N#Cc1cc(CO)ccc1Sc1ccc(Cl)cc1. The Kier molecular flexibility index (Phi) is 4.27. The summed E-state index contributed by atoms with van der Waals surface area (Å²) in [7, 11) is 0. The summed E-state index contributed by atoms with van der Waals surface area (Å²) in [6.07, 6.45) is 0. The zero-order valence-electron chi connectivity index (χ0n) is 9.43. The summed E-state index contributed by atoms with van der Waals surface area (Å²) < 4.78 is 0. The van der Waals surface area contributed by atoms with Crippen LogP contribution in [0.5, 0.6) is 0 Å². The molecule has 0 fully saturated rings. The maximum atomic E-state index is 9.09. The monoisotopic (exact) mass is 275 g/mol. The van der Waals surface area contributed by atoms with Gasteiger partial charge in [-0.25, -0.2) is 0 Å². The van der Waals surface area contributed by atoms with Crippen LogP contribution in [0.4, 0.5) is 0 Å². The van der Waals surface area contributed by atoms with E-state index >= 15 is 0 Å². The van der Waals surface area contributed by atoms with Crippen molar-refractivity contribution < 1.29 is 5.11 Å². The van der Waals surface area contributed by atoms with Gasteiger partial charge in [0, 0.05) is 14.8 Å². The summed E-state index contributed by atoms with van der Waals surface area (Å²) >= 11 is 7.33. The van der Waals surface area contributed by atoms with Crippen molar-refractivity contribution in [2.45, 2.75) is 16.4 Å². The van der Waals surface area contributed by atoms with Gasteiger partial charge in [-0.15, -0.1) is 0 Å². The van der Waals surface area contributed by atoms with Crippen LogP contribution in [0.3, 0.4) is 0 Å². The lowest BCUT2D eigenvalue weighted by Crippen LogP contribution is -1.87. The quantitative estimate of drug-likeness (QED) is 0.925. The van der Waals surface area contributed by atoms with Crippen LogP contribution in [0.15, 0.2) is 52.3 Å². The van der Waals surface area contributed by atoms with Crippen LogP contribution in [0.25, 0.3) is 0 Å². The van der Waals surface area contributed by atoms with Gasteiger partial charge in [0.25, 0.3) is 0 Å². The van der Waals surface area contributed by atoms with Gasteiger partial charge in [-0.3, -0.25) is 0 Å². The third-order valence-corrected chi connectivity index (χ3v) is 3.72. The lowest BCUT2D eigenvalue weighted by atomic mass is 10.1. The van der Waals surface area contributed by atoms with Crippen LogP contribution in [-0.4, -0.2) is 5.11 Å². The molecule has 0 radical (unpaired) electrons. The summed E-state index contributed by atoms with van der Waals surface area (Å²) in [5, 5.41) is 18.8. The highest BCUT2D eigenvalue weighted by Gasteiger charge is 2.05. The van der Waals surface area contributed by atoms with Crippen LogP contribution in [0.1, 0.15) is 11.1 Å². The highest BCUT2D eigenvalue weighted by molar-refractivity contribution is 7.99. The third kappa shape index (κ3) is 3.05. The Labute approximate surface area is 115 Å². The first-order valence-electron chi connectivity index (χ1n) is 5.30. The van der Waals surface area contributed by atoms with Crippen molar-refractivity contribution in [2.75, 3.05) is 0 Å². The topological polar surface area (TPSA) is 44.0 Å². The minimum absolute atomic E-state index is 0.0550. The van der Waals surface area contributed by atoms with Crippen molar-refractivity contribution >= 4 is 23.4 Å². The maximum Gasteiger partial charge on any atom is 0.100 e. The van der Waals surface area contributed by atoms with E-state index in [0.29, 0.717) is 10.6 Å². The van der Waals surface area contributed by atoms with Crippen molar-refractivity contribution in [1.82, 2.24) is 0 Å². The zero-order chi connectivity index (χ0) is 13.0. The van der Waals surface area contributed by atoms with Gasteiger partial charge in [0.05, 0.1) is 12.2 Å². The Hall–Kier alpha value is -1.47. The maximum absolute atomic E-state index is 9.09. The summed E-state index contributed by atoms with van der Waals surface area (Å²) in [5.41, 5.74) is 1.31. The molecule has 0 aromatic heterocycles. The highest BCUT2D eigenvalue weighted by Crippen LogP contribution is 2.31. The Morgan fingerprint density at radius 2 is 1.89 bits per heavy atom. The van der Waals surface area contributed by atoms with E-state index in [0.717, 1.165) is 15.4 Å². The predicted molar refractivity (Wildman–Crippen MR) is 72.7 cm³/mol. The minimum Gasteiger partial charge on any atom is -0.392 e. The van der Waals surface area contributed by atoms with E-state index < -0.39 is 0 Å². The fraction of sp³-hybridized carbons (Fsp3) is 0.0714. The van der Waals surface area contributed by atoms with Gasteiger partial charge < -0.3 is 5.11 Å². The number of halogens is 1. The summed E-state index contributed by atoms with van der Waals surface area (Å²) in [5.74, 6) is 0. The number of rotatable bonds is 3. The van der Waals surface area contributed by atoms with E-state index in [1.54, 1.807) is 6.07 Å². The smallest absolute Gasteiger partial charge is 0.100 e. The molecule has 0 saturated heterocycles. The van der Waals surface area contributed by atoms with Gasteiger partial charge in [0.15, 0.2) is 0 Å². The molecule has 0 atom stereocenters. The molecular weight excluding hydrogens is 266 g/mol. The lowest BCUT2D eigenvalue weighted by molar-refractivity contribution is 0.281. The largest absolute Gasteiger partial charge is 0.392 e. The normalized spacial score (nSPS) is 10.1. The molecule has 90 valence electrons. The molecule has 2 rings (SSSR count). The first kappa shape index (κ1) is 13.0. The van der Waals surface area contributed by atoms with Crippen molar-refractivity contribution in [2.24, 2.45) is 0 Å². The number of aliphatic hydroxyl groups excluding tert-OH is 1. The molecule has 2 aromatic carbocycles.